The van der Waals surface area contributed by atoms with E-state index < -0.39 is 0 Å². The van der Waals surface area contributed by atoms with E-state index in [4.69, 9.17) is 14.5 Å². The number of amides is 2. The van der Waals surface area contributed by atoms with Crippen LogP contribution in [0.3, 0.4) is 0 Å². The Balaban J connectivity index is 1.42. The lowest BCUT2D eigenvalue weighted by atomic mass is 9.83. The third-order valence-electron chi connectivity index (χ3n) is 7.25. The normalized spacial score (nSPS) is 20.6. The summed E-state index contributed by atoms with van der Waals surface area (Å²) in [6, 6.07) is 16.9. The van der Waals surface area contributed by atoms with Crippen molar-refractivity contribution in [2.45, 2.75) is 31.6 Å². The number of carbonyl (C=O) groups excluding carboxylic acids is 1. The zero-order valence-electron chi connectivity index (χ0n) is 20.6. The van der Waals surface area contributed by atoms with Gasteiger partial charge in [0.15, 0.2) is 0 Å². The van der Waals surface area contributed by atoms with Crippen molar-refractivity contribution in [2.75, 3.05) is 46.5 Å². The Kier molecular flexibility index (Phi) is 7.04. The van der Waals surface area contributed by atoms with E-state index in [0.717, 1.165) is 36.5 Å². The molecule has 2 aromatic carbocycles. The highest BCUT2D eigenvalue weighted by Gasteiger charge is 2.35. The number of aryl methyl sites for hydroxylation is 1. The van der Waals surface area contributed by atoms with Gasteiger partial charge in [0.25, 0.3) is 0 Å². The van der Waals surface area contributed by atoms with Crippen molar-refractivity contribution in [3.63, 3.8) is 0 Å². The molecule has 2 atom stereocenters. The number of ether oxygens (including phenoxy) is 2. The van der Waals surface area contributed by atoms with E-state index in [1.165, 1.54) is 11.1 Å². The standard InChI is InChI=1S/C28H34N4O3/c1-3-21-8-10-22(11-9-21)23-16-24(18-31(17-23)28(33)30-12-14-35-15-13-30)25-19-32(20-29-25)26-6-4-5-7-27(26)34-2/h4-11,19-20,23-24H,3,12-18H2,1-2H3. The topological polar surface area (TPSA) is 59.8 Å². The molecule has 2 aliphatic rings. The van der Waals surface area contributed by atoms with Gasteiger partial charge in [0.05, 0.1) is 38.0 Å². The summed E-state index contributed by atoms with van der Waals surface area (Å²) in [5.41, 5.74) is 4.58. The number of nitrogens with zero attached hydrogens (tertiary/aromatic N) is 4. The molecule has 5 rings (SSSR count). The monoisotopic (exact) mass is 474 g/mol. The quantitative estimate of drug-likeness (QED) is 0.548. The van der Waals surface area contributed by atoms with Gasteiger partial charge in [-0.25, -0.2) is 9.78 Å². The molecule has 0 bridgehead atoms. The third-order valence-corrected chi connectivity index (χ3v) is 7.25. The molecule has 35 heavy (non-hydrogen) atoms. The first-order valence-electron chi connectivity index (χ1n) is 12.5. The van der Waals surface area contributed by atoms with Gasteiger partial charge in [-0.15, -0.1) is 0 Å². The number of piperidine rings is 1. The molecule has 0 aliphatic carbocycles. The number of aromatic nitrogens is 2. The van der Waals surface area contributed by atoms with Crippen LogP contribution in [0.4, 0.5) is 4.79 Å². The summed E-state index contributed by atoms with van der Waals surface area (Å²) in [6.07, 6.45) is 5.92. The lowest BCUT2D eigenvalue weighted by molar-refractivity contribution is 0.0398. The molecule has 0 radical (unpaired) electrons. The summed E-state index contributed by atoms with van der Waals surface area (Å²) < 4.78 is 13.0. The summed E-state index contributed by atoms with van der Waals surface area (Å²) in [5.74, 6) is 1.22. The molecule has 2 unspecified atom stereocenters. The molecular weight excluding hydrogens is 440 g/mol. The van der Waals surface area contributed by atoms with Crippen LogP contribution >= 0.6 is 0 Å². The summed E-state index contributed by atoms with van der Waals surface area (Å²) >= 11 is 0. The number of benzene rings is 2. The number of hydrogen-bond donors (Lipinski definition) is 0. The average Bonchev–Trinajstić information content (AvgIpc) is 3.43. The Morgan fingerprint density at radius 2 is 1.77 bits per heavy atom. The Hall–Kier alpha value is -3.32. The SMILES string of the molecule is CCc1ccc(C2CC(c3cn(-c4ccccc4OC)cn3)CN(C(=O)N3CCOCC3)C2)cc1. The lowest BCUT2D eigenvalue weighted by Crippen LogP contribution is -2.52. The second-order valence-corrected chi connectivity index (χ2v) is 9.39. The summed E-state index contributed by atoms with van der Waals surface area (Å²) in [4.78, 5) is 22.2. The highest BCUT2D eigenvalue weighted by molar-refractivity contribution is 5.75. The van der Waals surface area contributed by atoms with Crippen LogP contribution in [0.2, 0.25) is 0 Å². The average molecular weight is 475 g/mol. The van der Waals surface area contributed by atoms with Crippen LogP contribution in [0.25, 0.3) is 5.69 Å². The van der Waals surface area contributed by atoms with Gasteiger partial charge in [0.1, 0.15) is 5.75 Å². The van der Waals surface area contributed by atoms with Crippen LogP contribution < -0.4 is 4.74 Å². The van der Waals surface area contributed by atoms with Gasteiger partial charge in [-0.3, -0.25) is 0 Å². The molecule has 184 valence electrons. The van der Waals surface area contributed by atoms with Crippen molar-refractivity contribution in [3.05, 3.63) is 77.9 Å². The fourth-order valence-corrected chi connectivity index (χ4v) is 5.21. The van der Waals surface area contributed by atoms with Gasteiger partial charge >= 0.3 is 6.03 Å². The number of morpholine rings is 1. The van der Waals surface area contributed by atoms with Crippen LogP contribution in [-0.2, 0) is 11.2 Å². The number of urea groups is 1. The zero-order valence-corrected chi connectivity index (χ0v) is 20.6. The second kappa shape index (κ2) is 10.5. The molecule has 3 aromatic rings. The number of imidazole rings is 1. The highest BCUT2D eigenvalue weighted by Crippen LogP contribution is 2.36. The van der Waals surface area contributed by atoms with E-state index in [1.807, 2.05) is 45.0 Å². The largest absolute Gasteiger partial charge is 0.495 e. The predicted molar refractivity (Wildman–Crippen MR) is 135 cm³/mol. The molecule has 2 aliphatic heterocycles. The Bertz CT molecular complexity index is 1140. The minimum absolute atomic E-state index is 0.109. The number of rotatable bonds is 5. The van der Waals surface area contributed by atoms with Crippen molar-refractivity contribution < 1.29 is 14.3 Å². The molecule has 2 fully saturated rings. The van der Waals surface area contributed by atoms with E-state index >= 15 is 0 Å². The first-order valence-corrected chi connectivity index (χ1v) is 12.5. The smallest absolute Gasteiger partial charge is 0.320 e. The minimum Gasteiger partial charge on any atom is -0.495 e. The highest BCUT2D eigenvalue weighted by atomic mass is 16.5. The van der Waals surface area contributed by atoms with Crippen molar-refractivity contribution in [3.8, 4) is 11.4 Å². The van der Waals surface area contributed by atoms with Gasteiger partial charge < -0.3 is 23.8 Å². The first-order chi connectivity index (χ1) is 17.2. The number of likely N-dealkylation sites (tertiary alicyclic amines) is 1. The zero-order chi connectivity index (χ0) is 24.2. The van der Waals surface area contributed by atoms with E-state index in [9.17, 15) is 4.79 Å². The van der Waals surface area contributed by atoms with Crippen LogP contribution in [-0.4, -0.2) is 71.9 Å². The van der Waals surface area contributed by atoms with Crippen molar-refractivity contribution in [2.24, 2.45) is 0 Å². The maximum Gasteiger partial charge on any atom is 0.320 e. The molecule has 0 N–H and O–H groups in total. The molecule has 2 saturated heterocycles. The third kappa shape index (κ3) is 5.05. The Labute approximate surface area is 207 Å². The molecule has 3 heterocycles. The van der Waals surface area contributed by atoms with Gasteiger partial charge in [-0.05, 0) is 36.1 Å². The second-order valence-electron chi connectivity index (χ2n) is 9.39. The van der Waals surface area contributed by atoms with Gasteiger partial charge in [-0.2, -0.15) is 0 Å². The van der Waals surface area contributed by atoms with Crippen molar-refractivity contribution in [1.82, 2.24) is 19.4 Å². The number of para-hydroxylation sites is 2. The minimum atomic E-state index is 0.109. The molecule has 2 amide bonds. The molecule has 0 saturated carbocycles. The first kappa shape index (κ1) is 23.4. The van der Waals surface area contributed by atoms with Gasteiger partial charge in [-0.1, -0.05) is 43.3 Å². The maximum atomic E-state index is 13.5. The summed E-state index contributed by atoms with van der Waals surface area (Å²) in [5, 5.41) is 0. The van der Waals surface area contributed by atoms with E-state index in [0.29, 0.717) is 32.8 Å². The number of carbonyl (C=O) groups is 1. The summed E-state index contributed by atoms with van der Waals surface area (Å²) in [7, 11) is 1.68. The summed E-state index contributed by atoms with van der Waals surface area (Å²) in [6.45, 7) is 6.08. The molecule has 7 heteroatoms. The van der Waals surface area contributed by atoms with Crippen LogP contribution in [0.1, 0.15) is 42.0 Å². The van der Waals surface area contributed by atoms with E-state index in [2.05, 4.69) is 37.4 Å². The van der Waals surface area contributed by atoms with E-state index in [-0.39, 0.29) is 17.9 Å². The molecule has 7 nitrogen and oxygen atoms in total. The van der Waals surface area contributed by atoms with Crippen molar-refractivity contribution in [1.29, 1.82) is 0 Å². The van der Waals surface area contributed by atoms with Crippen LogP contribution in [0, 0.1) is 0 Å². The van der Waals surface area contributed by atoms with Crippen LogP contribution in [0.15, 0.2) is 61.1 Å². The fourth-order valence-electron chi connectivity index (χ4n) is 5.21. The molecule has 1 aromatic heterocycles. The Morgan fingerprint density at radius 3 is 2.51 bits per heavy atom. The molecule has 0 spiro atoms. The van der Waals surface area contributed by atoms with Crippen LogP contribution in [0.5, 0.6) is 5.75 Å². The maximum absolute atomic E-state index is 13.5. The number of methoxy groups -OCH3 is 1. The van der Waals surface area contributed by atoms with Gasteiger partial charge in [0.2, 0.25) is 0 Å². The number of hydrogen-bond acceptors (Lipinski definition) is 4. The lowest BCUT2D eigenvalue weighted by Gasteiger charge is -2.40. The Morgan fingerprint density at radius 1 is 1.03 bits per heavy atom. The van der Waals surface area contributed by atoms with E-state index in [1.54, 1.807) is 7.11 Å². The van der Waals surface area contributed by atoms with Gasteiger partial charge in [0, 0.05) is 44.2 Å². The molecular formula is C28H34N4O3. The predicted octanol–water partition coefficient (Wildman–Crippen LogP) is 4.47. The van der Waals surface area contributed by atoms with Crippen molar-refractivity contribution >= 4 is 6.03 Å². The fraction of sp³-hybridized carbons (Fsp3) is 0.429.